The van der Waals surface area contributed by atoms with Crippen molar-refractivity contribution in [3.63, 3.8) is 0 Å². The van der Waals surface area contributed by atoms with E-state index in [0.29, 0.717) is 23.0 Å². The Kier molecular flexibility index (Phi) is 2.33. The third-order valence-electron chi connectivity index (χ3n) is 2.18. The first kappa shape index (κ1) is 9.58. The summed E-state index contributed by atoms with van der Waals surface area (Å²) in [6, 6.07) is 4.27. The van der Waals surface area contributed by atoms with Crippen molar-refractivity contribution in [2.24, 2.45) is 0 Å². The molecule has 0 aliphatic rings. The lowest BCUT2D eigenvalue weighted by Crippen LogP contribution is -1.93. The van der Waals surface area contributed by atoms with Gasteiger partial charge in [-0.2, -0.15) is 0 Å². The van der Waals surface area contributed by atoms with Gasteiger partial charge in [0.25, 0.3) is 0 Å². The van der Waals surface area contributed by atoms with Crippen molar-refractivity contribution in [1.82, 2.24) is 4.98 Å². The van der Waals surface area contributed by atoms with E-state index < -0.39 is 5.82 Å². The number of fused-ring (bicyclic) bond motifs is 1. The molecule has 3 nitrogen and oxygen atoms in total. The molecule has 0 radical (unpaired) electrons. The zero-order valence-corrected chi connectivity index (χ0v) is 8.03. The fourth-order valence-corrected chi connectivity index (χ4v) is 1.50. The van der Waals surface area contributed by atoms with Crippen molar-refractivity contribution in [3.05, 3.63) is 35.8 Å². The second-order valence-corrected chi connectivity index (χ2v) is 2.99. The van der Waals surface area contributed by atoms with Gasteiger partial charge in [0.2, 0.25) is 0 Å². The average molecular weight is 205 g/mol. The summed E-state index contributed by atoms with van der Waals surface area (Å²) < 4.78 is 18.4. The maximum atomic E-state index is 13.4. The van der Waals surface area contributed by atoms with Crippen LogP contribution in [-0.4, -0.2) is 18.4 Å². The summed E-state index contributed by atoms with van der Waals surface area (Å²) in [6.45, 7) is 0. The Morgan fingerprint density at radius 1 is 1.40 bits per heavy atom. The Morgan fingerprint density at radius 2 is 2.20 bits per heavy atom. The molecule has 0 aliphatic carbocycles. The van der Waals surface area contributed by atoms with Gasteiger partial charge in [-0.15, -0.1) is 0 Å². The Bertz CT molecular complexity index is 525. The summed E-state index contributed by atoms with van der Waals surface area (Å²) >= 11 is 0. The highest BCUT2D eigenvalue weighted by Gasteiger charge is 2.10. The van der Waals surface area contributed by atoms with Gasteiger partial charge in [0.15, 0.2) is 6.29 Å². The molecule has 0 saturated carbocycles. The minimum atomic E-state index is -0.463. The van der Waals surface area contributed by atoms with E-state index in [1.54, 1.807) is 0 Å². The number of pyridine rings is 1. The number of benzene rings is 1. The molecule has 0 aliphatic heterocycles. The lowest BCUT2D eigenvalue weighted by molar-refractivity contribution is 0.112. The molecular weight excluding hydrogens is 197 g/mol. The van der Waals surface area contributed by atoms with Crippen LogP contribution in [0.1, 0.15) is 10.4 Å². The zero-order valence-electron chi connectivity index (χ0n) is 8.03. The van der Waals surface area contributed by atoms with E-state index in [9.17, 15) is 9.18 Å². The highest BCUT2D eigenvalue weighted by molar-refractivity contribution is 6.00. The molecule has 0 saturated heterocycles. The van der Waals surface area contributed by atoms with Crippen LogP contribution in [0.4, 0.5) is 4.39 Å². The van der Waals surface area contributed by atoms with E-state index in [4.69, 9.17) is 4.74 Å². The van der Waals surface area contributed by atoms with Crippen molar-refractivity contribution in [2.75, 3.05) is 7.11 Å². The number of ether oxygens (including phenoxy) is 1. The first-order chi connectivity index (χ1) is 7.27. The van der Waals surface area contributed by atoms with Gasteiger partial charge in [-0.3, -0.25) is 9.78 Å². The quantitative estimate of drug-likeness (QED) is 0.705. The van der Waals surface area contributed by atoms with Crippen LogP contribution < -0.4 is 4.74 Å². The van der Waals surface area contributed by atoms with Gasteiger partial charge in [-0.05, 0) is 18.2 Å². The molecule has 2 rings (SSSR count). The van der Waals surface area contributed by atoms with Crippen molar-refractivity contribution in [2.45, 2.75) is 0 Å². The normalized spacial score (nSPS) is 10.3. The highest BCUT2D eigenvalue weighted by atomic mass is 19.1. The summed E-state index contributed by atoms with van der Waals surface area (Å²) in [7, 11) is 1.47. The van der Waals surface area contributed by atoms with E-state index in [0.717, 1.165) is 0 Å². The second-order valence-electron chi connectivity index (χ2n) is 2.99. The number of aromatic nitrogens is 1. The van der Waals surface area contributed by atoms with Gasteiger partial charge in [-0.25, -0.2) is 4.39 Å². The fraction of sp³-hybridized carbons (Fsp3) is 0.0909. The summed E-state index contributed by atoms with van der Waals surface area (Å²) in [6.07, 6.45) is 2.06. The minimum absolute atomic E-state index is 0.152. The molecule has 4 heteroatoms. The predicted octanol–water partition coefficient (Wildman–Crippen LogP) is 2.20. The number of methoxy groups -OCH3 is 1. The molecule has 0 amide bonds. The van der Waals surface area contributed by atoms with E-state index in [1.807, 2.05) is 0 Å². The standard InChI is InChI=1S/C11H8FNO2/c1-15-9-3-2-8(12)11-10(9)7(6-14)4-5-13-11/h2-6H,1H3. The van der Waals surface area contributed by atoms with Gasteiger partial charge in [0, 0.05) is 11.8 Å². The monoisotopic (exact) mass is 205 g/mol. The van der Waals surface area contributed by atoms with Crippen LogP contribution in [0.5, 0.6) is 5.75 Å². The first-order valence-electron chi connectivity index (χ1n) is 4.34. The van der Waals surface area contributed by atoms with Gasteiger partial charge >= 0.3 is 0 Å². The lowest BCUT2D eigenvalue weighted by Gasteiger charge is -2.06. The summed E-state index contributed by atoms with van der Waals surface area (Å²) in [5.41, 5.74) is 0.523. The van der Waals surface area contributed by atoms with Crippen LogP contribution in [0.2, 0.25) is 0 Å². The molecule has 15 heavy (non-hydrogen) atoms. The molecule has 0 bridgehead atoms. The van der Waals surface area contributed by atoms with E-state index in [2.05, 4.69) is 4.98 Å². The van der Waals surface area contributed by atoms with Gasteiger partial charge in [0.05, 0.1) is 12.5 Å². The van der Waals surface area contributed by atoms with Gasteiger partial charge in [0.1, 0.15) is 17.1 Å². The van der Waals surface area contributed by atoms with E-state index in [-0.39, 0.29) is 5.52 Å². The van der Waals surface area contributed by atoms with E-state index >= 15 is 0 Å². The highest BCUT2D eigenvalue weighted by Crippen LogP contribution is 2.28. The number of nitrogens with zero attached hydrogens (tertiary/aromatic N) is 1. The Morgan fingerprint density at radius 3 is 2.87 bits per heavy atom. The maximum Gasteiger partial charge on any atom is 0.150 e. The SMILES string of the molecule is COc1ccc(F)c2nccc(C=O)c12. The third kappa shape index (κ3) is 1.44. The van der Waals surface area contributed by atoms with Gasteiger partial charge in [-0.1, -0.05) is 0 Å². The Hall–Kier alpha value is -1.97. The van der Waals surface area contributed by atoms with Crippen LogP contribution >= 0.6 is 0 Å². The second kappa shape index (κ2) is 3.65. The molecule has 0 fully saturated rings. The summed E-state index contributed by atoms with van der Waals surface area (Å²) in [5.74, 6) is -0.0175. The third-order valence-corrected chi connectivity index (χ3v) is 2.18. The summed E-state index contributed by atoms with van der Waals surface area (Å²) in [5, 5.41) is 0.412. The number of carbonyl (C=O) groups is 1. The molecule has 1 heterocycles. The first-order valence-corrected chi connectivity index (χ1v) is 4.34. The molecule has 2 aromatic rings. The number of hydrogen-bond acceptors (Lipinski definition) is 3. The number of aldehydes is 1. The molecule has 0 N–H and O–H groups in total. The number of hydrogen-bond donors (Lipinski definition) is 0. The Balaban J connectivity index is 2.94. The van der Waals surface area contributed by atoms with E-state index in [1.165, 1.54) is 31.5 Å². The number of carbonyl (C=O) groups excluding carboxylic acids is 1. The zero-order chi connectivity index (χ0) is 10.8. The van der Waals surface area contributed by atoms with Crippen molar-refractivity contribution in [1.29, 1.82) is 0 Å². The van der Waals surface area contributed by atoms with Crippen LogP contribution in [-0.2, 0) is 0 Å². The molecule has 76 valence electrons. The maximum absolute atomic E-state index is 13.4. The average Bonchev–Trinajstić information content (AvgIpc) is 2.29. The predicted molar refractivity (Wildman–Crippen MR) is 53.6 cm³/mol. The molecular formula is C11H8FNO2. The number of halogens is 1. The minimum Gasteiger partial charge on any atom is -0.496 e. The molecule has 0 unspecified atom stereocenters. The molecule has 0 spiro atoms. The molecule has 0 atom stereocenters. The van der Waals surface area contributed by atoms with Crippen LogP contribution in [0, 0.1) is 5.82 Å². The summed E-state index contributed by atoms with van der Waals surface area (Å²) in [4.78, 5) is 14.7. The van der Waals surface area contributed by atoms with Gasteiger partial charge < -0.3 is 4.74 Å². The number of rotatable bonds is 2. The van der Waals surface area contributed by atoms with Crippen LogP contribution in [0.3, 0.4) is 0 Å². The largest absolute Gasteiger partial charge is 0.496 e. The molecule has 1 aromatic heterocycles. The van der Waals surface area contributed by atoms with Crippen LogP contribution in [0.15, 0.2) is 24.4 Å². The lowest BCUT2D eigenvalue weighted by atomic mass is 10.1. The van der Waals surface area contributed by atoms with Crippen molar-refractivity contribution < 1.29 is 13.9 Å². The Labute approximate surface area is 85.5 Å². The molecule has 1 aromatic carbocycles. The topological polar surface area (TPSA) is 39.2 Å². The van der Waals surface area contributed by atoms with Crippen molar-refractivity contribution >= 4 is 17.2 Å². The fourth-order valence-electron chi connectivity index (χ4n) is 1.50. The smallest absolute Gasteiger partial charge is 0.150 e. The van der Waals surface area contributed by atoms with Crippen molar-refractivity contribution in [3.8, 4) is 5.75 Å². The van der Waals surface area contributed by atoms with Crippen LogP contribution in [0.25, 0.3) is 10.9 Å².